The number of hydrogen-bond donors (Lipinski definition) is 0. The molecular formula is C23H29NO5. The molecule has 0 aromatic heterocycles. The van der Waals surface area contributed by atoms with E-state index in [1.54, 1.807) is 27.7 Å². The maximum Gasteiger partial charge on any atom is 0.415 e. The Labute approximate surface area is 172 Å². The number of ether oxygens (including phenoxy) is 2. The van der Waals surface area contributed by atoms with Gasteiger partial charge in [0.25, 0.3) is 0 Å². The van der Waals surface area contributed by atoms with Crippen molar-refractivity contribution in [2.75, 3.05) is 7.11 Å². The molecule has 0 bridgehead atoms. The molecule has 29 heavy (non-hydrogen) atoms. The molecule has 2 rings (SSSR count). The molecule has 1 amide bonds. The summed E-state index contributed by atoms with van der Waals surface area (Å²) in [6.45, 7) is 10.7. The molecule has 1 aromatic rings. The van der Waals surface area contributed by atoms with E-state index in [0.717, 1.165) is 0 Å². The average molecular weight is 399 g/mol. The fourth-order valence-electron chi connectivity index (χ4n) is 3.25. The molecule has 1 heterocycles. The third-order valence-electron chi connectivity index (χ3n) is 4.45. The Kier molecular flexibility index (Phi) is 6.67. The molecule has 6 heteroatoms. The SMILES string of the molecule is COC(=O)/C(C)=C/C1=C(c2ccccc2)N(C(=O)OC(C)(C)C)C(C(C)C)C1=O. The van der Waals surface area contributed by atoms with E-state index in [-0.39, 0.29) is 17.3 Å². The lowest BCUT2D eigenvalue weighted by Gasteiger charge is -2.31. The van der Waals surface area contributed by atoms with E-state index in [1.165, 1.54) is 18.1 Å². The highest BCUT2D eigenvalue weighted by Crippen LogP contribution is 2.38. The first-order valence-electron chi connectivity index (χ1n) is 9.60. The summed E-state index contributed by atoms with van der Waals surface area (Å²) in [5.41, 5.74) is 0.983. The fourth-order valence-corrected chi connectivity index (χ4v) is 3.25. The first-order valence-corrected chi connectivity index (χ1v) is 9.60. The molecule has 1 aromatic carbocycles. The molecule has 156 valence electrons. The number of nitrogens with zero attached hydrogens (tertiary/aromatic N) is 1. The van der Waals surface area contributed by atoms with E-state index < -0.39 is 23.7 Å². The van der Waals surface area contributed by atoms with Gasteiger partial charge in [-0.15, -0.1) is 0 Å². The predicted molar refractivity (Wildman–Crippen MR) is 111 cm³/mol. The Morgan fingerprint density at radius 3 is 2.21 bits per heavy atom. The Morgan fingerprint density at radius 1 is 1.14 bits per heavy atom. The molecule has 1 aliphatic heterocycles. The lowest BCUT2D eigenvalue weighted by molar-refractivity contribution is -0.136. The highest BCUT2D eigenvalue weighted by molar-refractivity contribution is 6.16. The van der Waals surface area contributed by atoms with Gasteiger partial charge in [-0.25, -0.2) is 9.59 Å². The van der Waals surface area contributed by atoms with Crippen molar-refractivity contribution in [2.45, 2.75) is 53.2 Å². The van der Waals surface area contributed by atoms with Gasteiger partial charge in [-0.1, -0.05) is 44.2 Å². The molecule has 0 N–H and O–H groups in total. The van der Waals surface area contributed by atoms with Crippen molar-refractivity contribution in [3.05, 3.63) is 53.1 Å². The van der Waals surface area contributed by atoms with Crippen LogP contribution in [-0.2, 0) is 19.1 Å². The van der Waals surface area contributed by atoms with Crippen molar-refractivity contribution >= 4 is 23.5 Å². The molecule has 0 aliphatic carbocycles. The zero-order valence-electron chi connectivity index (χ0n) is 18.1. The maximum absolute atomic E-state index is 13.4. The lowest BCUT2D eigenvalue weighted by Crippen LogP contribution is -2.44. The summed E-state index contributed by atoms with van der Waals surface area (Å²) in [5.74, 6) is -0.916. The Hall–Kier alpha value is -2.89. The number of Topliss-reactive ketones (excluding diaryl/α,β-unsaturated/α-hetero) is 1. The van der Waals surface area contributed by atoms with Crippen molar-refractivity contribution in [3.63, 3.8) is 0 Å². The van der Waals surface area contributed by atoms with Crippen LogP contribution in [0.15, 0.2) is 47.6 Å². The van der Waals surface area contributed by atoms with Gasteiger partial charge in [0.2, 0.25) is 0 Å². The topological polar surface area (TPSA) is 72.9 Å². The zero-order chi connectivity index (χ0) is 21.9. The number of ketones is 1. The van der Waals surface area contributed by atoms with Gasteiger partial charge >= 0.3 is 12.1 Å². The van der Waals surface area contributed by atoms with Crippen LogP contribution >= 0.6 is 0 Å². The number of carbonyl (C=O) groups is 3. The smallest absolute Gasteiger partial charge is 0.415 e. The molecule has 0 saturated carbocycles. The van der Waals surface area contributed by atoms with E-state index in [1.807, 2.05) is 44.2 Å². The van der Waals surface area contributed by atoms with Crippen LogP contribution in [0.3, 0.4) is 0 Å². The van der Waals surface area contributed by atoms with Crippen molar-refractivity contribution in [1.82, 2.24) is 4.90 Å². The molecule has 0 radical (unpaired) electrons. The van der Waals surface area contributed by atoms with Gasteiger partial charge in [0.05, 0.1) is 12.8 Å². The second kappa shape index (κ2) is 8.64. The summed E-state index contributed by atoms with van der Waals surface area (Å²) < 4.78 is 10.4. The number of hydrogen-bond acceptors (Lipinski definition) is 5. The van der Waals surface area contributed by atoms with Crippen LogP contribution in [0.2, 0.25) is 0 Å². The first kappa shape index (κ1) is 22.4. The zero-order valence-corrected chi connectivity index (χ0v) is 18.1. The predicted octanol–water partition coefficient (Wildman–Crippen LogP) is 4.36. The van der Waals surface area contributed by atoms with E-state index in [0.29, 0.717) is 16.8 Å². The van der Waals surface area contributed by atoms with Crippen LogP contribution < -0.4 is 0 Å². The number of methoxy groups -OCH3 is 1. The fraction of sp³-hybridized carbons (Fsp3) is 0.435. The Morgan fingerprint density at radius 2 is 1.72 bits per heavy atom. The quantitative estimate of drug-likeness (QED) is 0.556. The summed E-state index contributed by atoms with van der Waals surface area (Å²) in [7, 11) is 1.28. The lowest BCUT2D eigenvalue weighted by atomic mass is 9.96. The summed E-state index contributed by atoms with van der Waals surface area (Å²) in [4.78, 5) is 39.8. The molecule has 0 spiro atoms. The van der Waals surface area contributed by atoms with Crippen LogP contribution in [0.25, 0.3) is 5.70 Å². The second-order valence-corrected chi connectivity index (χ2v) is 8.35. The van der Waals surface area contributed by atoms with E-state index in [9.17, 15) is 14.4 Å². The van der Waals surface area contributed by atoms with Crippen molar-refractivity contribution < 1.29 is 23.9 Å². The summed E-state index contributed by atoms with van der Waals surface area (Å²) in [6, 6.07) is 8.44. The van der Waals surface area contributed by atoms with Crippen LogP contribution in [0.5, 0.6) is 0 Å². The Balaban J connectivity index is 2.73. The third kappa shape index (κ3) is 4.94. The first-order chi connectivity index (χ1) is 13.5. The minimum atomic E-state index is -0.725. The normalized spacial score (nSPS) is 17.8. The molecule has 0 saturated heterocycles. The number of esters is 1. The minimum absolute atomic E-state index is 0.155. The average Bonchev–Trinajstić information content (AvgIpc) is 2.93. The van der Waals surface area contributed by atoms with Crippen LogP contribution in [0.1, 0.15) is 47.1 Å². The van der Waals surface area contributed by atoms with Crippen LogP contribution in [0, 0.1) is 5.92 Å². The minimum Gasteiger partial charge on any atom is -0.466 e. The van der Waals surface area contributed by atoms with Gasteiger partial charge < -0.3 is 9.47 Å². The standard InChI is InChI=1S/C23H29NO5/c1-14(2)18-20(25)17(13-15(3)21(26)28-7)19(16-11-9-8-10-12-16)24(18)22(27)29-23(4,5)6/h8-14,18H,1-7H3/b15-13+. The highest BCUT2D eigenvalue weighted by atomic mass is 16.6. The number of carbonyl (C=O) groups excluding carboxylic acids is 3. The van der Waals surface area contributed by atoms with Crippen molar-refractivity contribution in [3.8, 4) is 0 Å². The second-order valence-electron chi connectivity index (χ2n) is 8.35. The molecule has 6 nitrogen and oxygen atoms in total. The summed E-state index contributed by atoms with van der Waals surface area (Å²) >= 11 is 0. The summed E-state index contributed by atoms with van der Waals surface area (Å²) in [5, 5.41) is 0. The van der Waals surface area contributed by atoms with Crippen LogP contribution in [-0.4, -0.2) is 41.5 Å². The van der Waals surface area contributed by atoms with Gasteiger partial charge in [0.15, 0.2) is 5.78 Å². The van der Waals surface area contributed by atoms with Gasteiger partial charge in [0, 0.05) is 11.1 Å². The molecule has 1 aliphatic rings. The van der Waals surface area contributed by atoms with Crippen molar-refractivity contribution in [1.29, 1.82) is 0 Å². The molecule has 1 unspecified atom stereocenters. The number of rotatable bonds is 4. The largest absolute Gasteiger partial charge is 0.466 e. The van der Waals surface area contributed by atoms with Gasteiger partial charge in [-0.2, -0.15) is 0 Å². The highest BCUT2D eigenvalue weighted by Gasteiger charge is 2.45. The van der Waals surface area contributed by atoms with Crippen LogP contribution in [0.4, 0.5) is 4.79 Å². The van der Waals surface area contributed by atoms with E-state index >= 15 is 0 Å². The number of benzene rings is 1. The van der Waals surface area contributed by atoms with Gasteiger partial charge in [-0.3, -0.25) is 9.69 Å². The van der Waals surface area contributed by atoms with Gasteiger partial charge in [-0.05, 0) is 45.3 Å². The van der Waals surface area contributed by atoms with E-state index in [4.69, 9.17) is 9.47 Å². The van der Waals surface area contributed by atoms with Crippen molar-refractivity contribution in [2.24, 2.45) is 5.92 Å². The molecular weight excluding hydrogens is 370 g/mol. The molecule has 1 atom stereocenters. The monoisotopic (exact) mass is 399 g/mol. The van der Waals surface area contributed by atoms with Gasteiger partial charge in [0.1, 0.15) is 11.6 Å². The Bertz CT molecular complexity index is 859. The number of allylic oxidation sites excluding steroid dienone is 1. The number of amides is 1. The third-order valence-corrected chi connectivity index (χ3v) is 4.45. The maximum atomic E-state index is 13.4. The molecule has 0 fully saturated rings. The summed E-state index contributed by atoms with van der Waals surface area (Å²) in [6.07, 6.45) is 0.901. The van der Waals surface area contributed by atoms with E-state index in [2.05, 4.69) is 0 Å².